The molecule has 1 aromatic heterocycles. The molecule has 4 heteroatoms. The lowest BCUT2D eigenvalue weighted by molar-refractivity contribution is 0.0517. The highest BCUT2D eigenvalue weighted by molar-refractivity contribution is 5.90. The first-order chi connectivity index (χ1) is 9.84. The molecule has 21 heavy (non-hydrogen) atoms. The van der Waals surface area contributed by atoms with Crippen LogP contribution in [0.5, 0.6) is 0 Å². The zero-order valence-electron chi connectivity index (χ0n) is 13.3. The van der Waals surface area contributed by atoms with Gasteiger partial charge < -0.3 is 9.72 Å². The Kier molecular flexibility index (Phi) is 4.16. The number of aromatic nitrogens is 2. The third kappa shape index (κ3) is 3.15. The normalized spacial score (nSPS) is 11.5. The number of carbonyl (C=O) groups is 1. The molecule has 112 valence electrons. The van der Waals surface area contributed by atoms with Crippen molar-refractivity contribution in [1.29, 1.82) is 0 Å². The summed E-state index contributed by atoms with van der Waals surface area (Å²) in [6.07, 6.45) is 0. The van der Waals surface area contributed by atoms with Crippen molar-refractivity contribution in [2.45, 2.75) is 40.0 Å². The highest BCUT2D eigenvalue weighted by Gasteiger charge is 2.27. The number of hydrogen-bond donors (Lipinski definition) is 1. The van der Waals surface area contributed by atoms with Crippen molar-refractivity contribution in [2.75, 3.05) is 6.61 Å². The molecular weight excluding hydrogens is 264 g/mol. The smallest absolute Gasteiger partial charge is 0.358 e. The predicted molar refractivity (Wildman–Crippen MR) is 83.4 cm³/mol. The molecule has 2 aromatic rings. The fourth-order valence-corrected chi connectivity index (χ4v) is 2.23. The Hall–Kier alpha value is -2.10. The number of aryl methyl sites for hydroxylation is 1. The van der Waals surface area contributed by atoms with E-state index in [2.05, 4.69) is 9.97 Å². The van der Waals surface area contributed by atoms with Gasteiger partial charge in [-0.15, -0.1) is 0 Å². The lowest BCUT2D eigenvalue weighted by Gasteiger charge is -2.17. The van der Waals surface area contributed by atoms with E-state index < -0.39 is 0 Å². The van der Waals surface area contributed by atoms with Gasteiger partial charge in [0.15, 0.2) is 5.69 Å². The minimum absolute atomic E-state index is 0.212. The van der Waals surface area contributed by atoms with E-state index in [4.69, 9.17) is 4.74 Å². The van der Waals surface area contributed by atoms with Crippen LogP contribution >= 0.6 is 0 Å². The van der Waals surface area contributed by atoms with Crippen LogP contribution in [0.3, 0.4) is 0 Å². The number of nitrogens with zero attached hydrogens (tertiary/aromatic N) is 1. The minimum Gasteiger partial charge on any atom is -0.461 e. The summed E-state index contributed by atoms with van der Waals surface area (Å²) >= 11 is 0. The average Bonchev–Trinajstić information content (AvgIpc) is 2.84. The molecule has 0 aliphatic rings. The number of H-pyrrole nitrogens is 1. The molecule has 0 amide bonds. The van der Waals surface area contributed by atoms with Gasteiger partial charge in [-0.05, 0) is 19.4 Å². The van der Waals surface area contributed by atoms with Gasteiger partial charge in [0, 0.05) is 11.0 Å². The summed E-state index contributed by atoms with van der Waals surface area (Å²) in [6, 6.07) is 7.97. The van der Waals surface area contributed by atoms with E-state index in [1.54, 1.807) is 6.92 Å². The van der Waals surface area contributed by atoms with Crippen molar-refractivity contribution in [3.05, 3.63) is 41.2 Å². The first-order valence-electron chi connectivity index (χ1n) is 7.18. The number of ether oxygens (including phenoxy) is 1. The van der Waals surface area contributed by atoms with Crippen molar-refractivity contribution in [3.8, 4) is 11.4 Å². The van der Waals surface area contributed by atoms with Crippen LogP contribution in [-0.4, -0.2) is 22.5 Å². The van der Waals surface area contributed by atoms with Crippen LogP contribution in [-0.2, 0) is 10.2 Å². The van der Waals surface area contributed by atoms with Gasteiger partial charge in [-0.1, -0.05) is 45.0 Å². The molecule has 0 unspecified atom stereocenters. The summed E-state index contributed by atoms with van der Waals surface area (Å²) in [5, 5.41) is 0. The fourth-order valence-electron chi connectivity index (χ4n) is 2.23. The number of aromatic amines is 1. The molecule has 1 aromatic carbocycles. The van der Waals surface area contributed by atoms with Gasteiger partial charge in [0.05, 0.1) is 12.3 Å². The van der Waals surface area contributed by atoms with Gasteiger partial charge in [0.2, 0.25) is 0 Å². The minimum atomic E-state index is -0.376. The van der Waals surface area contributed by atoms with Gasteiger partial charge in [-0.25, -0.2) is 9.78 Å². The van der Waals surface area contributed by atoms with E-state index in [1.165, 1.54) is 0 Å². The number of imidazole rings is 1. The van der Waals surface area contributed by atoms with Crippen molar-refractivity contribution >= 4 is 5.97 Å². The van der Waals surface area contributed by atoms with Crippen molar-refractivity contribution in [2.24, 2.45) is 0 Å². The van der Waals surface area contributed by atoms with Crippen molar-refractivity contribution in [1.82, 2.24) is 9.97 Å². The molecule has 1 N–H and O–H groups in total. The van der Waals surface area contributed by atoms with Crippen LogP contribution in [0.25, 0.3) is 11.4 Å². The van der Waals surface area contributed by atoms with Gasteiger partial charge in [-0.2, -0.15) is 0 Å². The molecule has 0 aliphatic heterocycles. The average molecular weight is 286 g/mol. The Labute approximate surface area is 125 Å². The Bertz CT molecular complexity index is 651. The second-order valence-corrected chi connectivity index (χ2v) is 6.09. The summed E-state index contributed by atoms with van der Waals surface area (Å²) < 4.78 is 5.12. The molecule has 4 nitrogen and oxygen atoms in total. The van der Waals surface area contributed by atoms with Crippen LogP contribution in [0.15, 0.2) is 24.3 Å². The Morgan fingerprint density at radius 1 is 1.29 bits per heavy atom. The third-order valence-corrected chi connectivity index (χ3v) is 3.32. The number of carbonyl (C=O) groups excluding carboxylic acids is 1. The monoisotopic (exact) mass is 286 g/mol. The SMILES string of the molecule is CCOC(=O)c1nc(-c2ccccc2C)[nH]c1C(C)(C)C. The molecule has 2 rings (SSSR count). The summed E-state index contributed by atoms with van der Waals surface area (Å²) in [5.41, 5.74) is 3.08. The van der Waals surface area contributed by atoms with Crippen LogP contribution in [0.2, 0.25) is 0 Å². The summed E-state index contributed by atoms with van der Waals surface area (Å²) in [4.78, 5) is 19.9. The standard InChI is InChI=1S/C17H22N2O2/c1-6-21-16(20)13-14(17(3,4)5)19-15(18-13)12-10-8-7-9-11(12)2/h7-10H,6H2,1-5H3,(H,18,19). The van der Waals surface area contributed by atoms with Crippen molar-refractivity contribution in [3.63, 3.8) is 0 Å². The lowest BCUT2D eigenvalue weighted by Crippen LogP contribution is -2.18. The molecule has 1 heterocycles. The van der Waals surface area contributed by atoms with Gasteiger partial charge in [0.25, 0.3) is 0 Å². The second-order valence-electron chi connectivity index (χ2n) is 6.09. The Balaban J connectivity index is 2.56. The van der Waals surface area contributed by atoms with E-state index in [-0.39, 0.29) is 11.4 Å². The zero-order valence-corrected chi connectivity index (χ0v) is 13.3. The highest BCUT2D eigenvalue weighted by atomic mass is 16.5. The zero-order chi connectivity index (χ0) is 15.6. The quantitative estimate of drug-likeness (QED) is 0.872. The van der Waals surface area contributed by atoms with Gasteiger partial charge >= 0.3 is 5.97 Å². The predicted octanol–water partition coefficient (Wildman–Crippen LogP) is 3.86. The van der Waals surface area contributed by atoms with Gasteiger partial charge in [0.1, 0.15) is 5.82 Å². The maximum absolute atomic E-state index is 12.1. The van der Waals surface area contributed by atoms with Crippen molar-refractivity contribution < 1.29 is 9.53 Å². The summed E-state index contributed by atoms with van der Waals surface area (Å²) in [6.45, 7) is 10.3. The number of esters is 1. The first-order valence-corrected chi connectivity index (χ1v) is 7.18. The molecule has 0 bridgehead atoms. The Morgan fingerprint density at radius 2 is 1.95 bits per heavy atom. The maximum Gasteiger partial charge on any atom is 0.358 e. The lowest BCUT2D eigenvalue weighted by atomic mass is 9.91. The number of nitrogens with one attached hydrogen (secondary N) is 1. The molecule has 0 atom stereocenters. The van der Waals surface area contributed by atoms with Gasteiger partial charge in [-0.3, -0.25) is 0 Å². The van der Waals surface area contributed by atoms with E-state index in [0.29, 0.717) is 18.1 Å². The summed E-state index contributed by atoms with van der Waals surface area (Å²) in [5.74, 6) is 0.333. The third-order valence-electron chi connectivity index (χ3n) is 3.32. The van der Waals surface area contributed by atoms with Crippen LogP contribution in [0.1, 0.15) is 49.4 Å². The number of benzene rings is 1. The largest absolute Gasteiger partial charge is 0.461 e. The molecule has 0 saturated heterocycles. The maximum atomic E-state index is 12.1. The highest BCUT2D eigenvalue weighted by Crippen LogP contribution is 2.29. The van der Waals surface area contributed by atoms with E-state index in [1.807, 2.05) is 52.0 Å². The molecule has 0 fully saturated rings. The second kappa shape index (κ2) is 5.72. The number of hydrogen-bond acceptors (Lipinski definition) is 3. The first kappa shape index (κ1) is 15.3. The molecule has 0 saturated carbocycles. The summed E-state index contributed by atoms with van der Waals surface area (Å²) in [7, 11) is 0. The van der Waals surface area contributed by atoms with E-state index in [0.717, 1.165) is 16.8 Å². The number of rotatable bonds is 3. The Morgan fingerprint density at radius 3 is 2.52 bits per heavy atom. The molecular formula is C17H22N2O2. The van der Waals surface area contributed by atoms with E-state index in [9.17, 15) is 4.79 Å². The van der Waals surface area contributed by atoms with Crippen LogP contribution in [0.4, 0.5) is 0 Å². The fraction of sp³-hybridized carbons (Fsp3) is 0.412. The van der Waals surface area contributed by atoms with Crippen LogP contribution in [0, 0.1) is 6.92 Å². The van der Waals surface area contributed by atoms with E-state index >= 15 is 0 Å². The molecule has 0 radical (unpaired) electrons. The molecule has 0 aliphatic carbocycles. The van der Waals surface area contributed by atoms with Crippen LogP contribution < -0.4 is 0 Å². The topological polar surface area (TPSA) is 55.0 Å². The molecule has 0 spiro atoms.